The van der Waals surface area contributed by atoms with Crippen LogP contribution < -0.4 is 20.1 Å². The topological polar surface area (TPSA) is 59.6 Å². The van der Waals surface area contributed by atoms with Gasteiger partial charge in [-0.15, -0.1) is 0 Å². The van der Waals surface area contributed by atoms with Gasteiger partial charge in [-0.05, 0) is 18.8 Å². The number of alkyl halides is 6. The molecule has 0 atom stereocenters. The summed E-state index contributed by atoms with van der Waals surface area (Å²) >= 11 is 0. The van der Waals surface area contributed by atoms with E-state index in [2.05, 4.69) is 20.1 Å². The third kappa shape index (κ3) is 7.83. The molecule has 2 amide bonds. The lowest BCUT2D eigenvalue weighted by atomic mass is 9.82. The van der Waals surface area contributed by atoms with E-state index in [-0.39, 0.29) is 23.2 Å². The number of halogens is 6. The number of hydrogen-bond donors (Lipinski definition) is 2. The highest BCUT2D eigenvalue weighted by Gasteiger charge is 2.30. The van der Waals surface area contributed by atoms with Crippen LogP contribution in [-0.4, -0.2) is 37.6 Å². The summed E-state index contributed by atoms with van der Waals surface area (Å²) in [4.78, 5) is 11.9. The van der Waals surface area contributed by atoms with Crippen LogP contribution in [-0.2, 0) is 0 Å². The van der Waals surface area contributed by atoms with Crippen molar-refractivity contribution in [3.63, 3.8) is 0 Å². The second-order valence-corrected chi connectivity index (χ2v) is 6.37. The number of carbonyl (C=O) groups excluding carboxylic acids is 1. The van der Waals surface area contributed by atoms with Crippen molar-refractivity contribution in [2.75, 3.05) is 18.5 Å². The first-order valence-corrected chi connectivity index (χ1v) is 8.01. The maximum Gasteiger partial charge on any atom is 0.422 e. The Balaban J connectivity index is 2.06. The molecule has 27 heavy (non-hydrogen) atoms. The lowest BCUT2D eigenvalue weighted by Gasteiger charge is -2.33. The van der Waals surface area contributed by atoms with Crippen LogP contribution in [0.2, 0.25) is 0 Å². The number of ether oxygens (including phenoxy) is 2. The van der Waals surface area contributed by atoms with E-state index in [0.717, 1.165) is 31.0 Å². The Labute approximate surface area is 151 Å². The Kier molecular flexibility index (Phi) is 6.32. The zero-order chi connectivity index (χ0) is 20.2. The highest BCUT2D eigenvalue weighted by Crippen LogP contribution is 2.30. The monoisotopic (exact) mass is 400 g/mol. The van der Waals surface area contributed by atoms with Crippen molar-refractivity contribution in [3.8, 4) is 11.5 Å². The van der Waals surface area contributed by atoms with Crippen LogP contribution in [0.15, 0.2) is 18.2 Å². The molecule has 0 spiro atoms. The number of urea groups is 1. The van der Waals surface area contributed by atoms with E-state index in [1.807, 2.05) is 6.92 Å². The van der Waals surface area contributed by atoms with Gasteiger partial charge >= 0.3 is 18.4 Å². The van der Waals surface area contributed by atoms with Gasteiger partial charge in [-0.3, -0.25) is 0 Å². The van der Waals surface area contributed by atoms with E-state index in [1.54, 1.807) is 0 Å². The molecule has 2 N–H and O–H groups in total. The summed E-state index contributed by atoms with van der Waals surface area (Å²) in [7, 11) is 0. The predicted molar refractivity (Wildman–Crippen MR) is 83.9 cm³/mol. The lowest BCUT2D eigenvalue weighted by Crippen LogP contribution is -2.45. The van der Waals surface area contributed by atoms with E-state index in [9.17, 15) is 31.1 Å². The fraction of sp³-hybridized carbons (Fsp3) is 0.562. The molecule has 152 valence electrons. The van der Waals surface area contributed by atoms with Gasteiger partial charge in [0, 0.05) is 29.9 Å². The largest absolute Gasteiger partial charge is 0.484 e. The van der Waals surface area contributed by atoms with Gasteiger partial charge in [0.1, 0.15) is 11.5 Å². The summed E-state index contributed by atoms with van der Waals surface area (Å²) in [5.41, 5.74) is -0.0586. The first kappa shape index (κ1) is 21.0. The van der Waals surface area contributed by atoms with Crippen molar-refractivity contribution < 1.29 is 40.6 Å². The molecule has 0 radical (unpaired) electrons. The summed E-state index contributed by atoms with van der Waals surface area (Å²) in [5.74, 6) is -0.295. The minimum Gasteiger partial charge on any atom is -0.484 e. The van der Waals surface area contributed by atoms with Gasteiger partial charge in [0.15, 0.2) is 13.2 Å². The van der Waals surface area contributed by atoms with Crippen LogP contribution in [0.3, 0.4) is 0 Å². The highest BCUT2D eigenvalue weighted by molar-refractivity contribution is 5.90. The average Bonchev–Trinajstić information content (AvgIpc) is 2.48. The van der Waals surface area contributed by atoms with E-state index >= 15 is 0 Å². The van der Waals surface area contributed by atoms with Crippen molar-refractivity contribution in [2.24, 2.45) is 5.92 Å². The Bertz CT molecular complexity index is 620. The van der Waals surface area contributed by atoms with Crippen molar-refractivity contribution >= 4 is 11.7 Å². The SMILES string of the molecule is CC1CC(NC(=O)Nc2cc(OCC(F)(F)F)cc(OCC(F)(F)F)c2)C1. The molecule has 0 saturated heterocycles. The first-order chi connectivity index (χ1) is 12.4. The number of benzene rings is 1. The second kappa shape index (κ2) is 8.13. The summed E-state index contributed by atoms with van der Waals surface area (Å²) in [6.07, 6.45) is -7.67. The van der Waals surface area contributed by atoms with Crippen LogP contribution in [0, 0.1) is 5.92 Å². The van der Waals surface area contributed by atoms with E-state index < -0.39 is 31.6 Å². The second-order valence-electron chi connectivity index (χ2n) is 6.37. The minimum atomic E-state index is -4.63. The van der Waals surface area contributed by atoms with Gasteiger partial charge in [-0.2, -0.15) is 26.3 Å². The third-order valence-electron chi connectivity index (χ3n) is 3.65. The number of rotatable bonds is 6. The van der Waals surface area contributed by atoms with Gasteiger partial charge in [0.2, 0.25) is 0 Å². The molecule has 1 saturated carbocycles. The number of anilines is 1. The Morgan fingerprint density at radius 1 is 1.00 bits per heavy atom. The normalized spacial score (nSPS) is 19.8. The molecule has 1 aromatic rings. The Morgan fingerprint density at radius 3 is 1.89 bits per heavy atom. The Hall–Kier alpha value is -2.33. The molecule has 0 aromatic heterocycles. The van der Waals surface area contributed by atoms with Gasteiger partial charge in [0.25, 0.3) is 0 Å². The molecule has 1 aliphatic carbocycles. The van der Waals surface area contributed by atoms with Gasteiger partial charge in [-0.1, -0.05) is 6.92 Å². The zero-order valence-electron chi connectivity index (χ0n) is 14.2. The smallest absolute Gasteiger partial charge is 0.422 e. The van der Waals surface area contributed by atoms with Crippen molar-refractivity contribution in [1.82, 2.24) is 5.32 Å². The Morgan fingerprint density at radius 2 is 1.48 bits per heavy atom. The molecule has 1 aliphatic rings. The zero-order valence-corrected chi connectivity index (χ0v) is 14.2. The molecule has 0 unspecified atom stereocenters. The molecule has 0 aliphatic heterocycles. The summed E-state index contributed by atoms with van der Waals surface area (Å²) in [5, 5.41) is 5.01. The molecule has 1 fully saturated rings. The molecule has 5 nitrogen and oxygen atoms in total. The minimum absolute atomic E-state index is 0.0226. The third-order valence-corrected chi connectivity index (χ3v) is 3.65. The van der Waals surface area contributed by atoms with E-state index in [1.165, 1.54) is 0 Å². The van der Waals surface area contributed by atoms with E-state index in [4.69, 9.17) is 0 Å². The maximum atomic E-state index is 12.3. The molecular weight excluding hydrogens is 382 g/mol. The molecular formula is C16H18F6N2O3. The summed E-state index contributed by atoms with van der Waals surface area (Å²) in [6, 6.07) is 2.37. The molecule has 1 aromatic carbocycles. The van der Waals surface area contributed by atoms with Crippen LogP contribution in [0.1, 0.15) is 19.8 Å². The van der Waals surface area contributed by atoms with E-state index in [0.29, 0.717) is 5.92 Å². The standard InChI is InChI=1S/C16H18F6N2O3/c1-9-2-10(3-9)23-14(25)24-11-4-12(26-7-15(17,18)19)6-13(5-11)27-8-16(20,21)22/h4-6,9-10H,2-3,7-8H2,1H3,(H2,23,24,25). The number of hydrogen-bond acceptors (Lipinski definition) is 3. The van der Waals surface area contributed by atoms with Crippen molar-refractivity contribution in [2.45, 2.75) is 38.2 Å². The molecule has 2 rings (SSSR count). The molecule has 0 bridgehead atoms. The fourth-order valence-electron chi connectivity index (χ4n) is 2.51. The quantitative estimate of drug-likeness (QED) is 0.692. The summed E-state index contributed by atoms with van der Waals surface area (Å²) in [6.45, 7) is -1.26. The molecule has 0 heterocycles. The predicted octanol–water partition coefficient (Wildman–Crippen LogP) is 4.49. The van der Waals surface area contributed by atoms with Crippen molar-refractivity contribution in [1.29, 1.82) is 0 Å². The van der Waals surface area contributed by atoms with Crippen molar-refractivity contribution in [3.05, 3.63) is 18.2 Å². The van der Waals surface area contributed by atoms with Gasteiger partial charge < -0.3 is 20.1 Å². The van der Waals surface area contributed by atoms with Crippen LogP contribution >= 0.6 is 0 Å². The van der Waals surface area contributed by atoms with Gasteiger partial charge in [0.05, 0.1) is 0 Å². The first-order valence-electron chi connectivity index (χ1n) is 8.01. The lowest BCUT2D eigenvalue weighted by molar-refractivity contribution is -0.153. The average molecular weight is 400 g/mol. The number of carbonyl (C=O) groups is 1. The van der Waals surface area contributed by atoms with Crippen LogP contribution in [0.5, 0.6) is 11.5 Å². The van der Waals surface area contributed by atoms with Crippen LogP contribution in [0.25, 0.3) is 0 Å². The molecule has 11 heteroatoms. The fourth-order valence-corrected chi connectivity index (χ4v) is 2.51. The highest BCUT2D eigenvalue weighted by atomic mass is 19.4. The van der Waals surface area contributed by atoms with Gasteiger partial charge in [-0.25, -0.2) is 4.79 Å². The maximum absolute atomic E-state index is 12.3. The number of amides is 2. The van der Waals surface area contributed by atoms with Crippen LogP contribution in [0.4, 0.5) is 36.8 Å². The number of nitrogens with one attached hydrogen (secondary N) is 2. The summed E-state index contributed by atoms with van der Waals surface area (Å²) < 4.78 is 82.8.